The van der Waals surface area contributed by atoms with E-state index in [1.54, 1.807) is 49.4 Å². The average Bonchev–Trinajstić information content (AvgIpc) is 3.19. The molecule has 2 aromatic heterocycles. The molecular weight excluding hydrogens is 408 g/mol. The Morgan fingerprint density at radius 1 is 1.10 bits per heavy atom. The second-order valence-electron chi connectivity index (χ2n) is 6.68. The Morgan fingerprint density at radius 2 is 1.83 bits per heavy atom. The van der Waals surface area contributed by atoms with Crippen LogP contribution in [0.1, 0.15) is 16.1 Å². The van der Waals surface area contributed by atoms with E-state index in [0.29, 0.717) is 24.2 Å². The Labute approximate surface area is 173 Å². The fourth-order valence-electron chi connectivity index (χ4n) is 3.13. The Balaban J connectivity index is 1.86. The molecule has 0 saturated carbocycles. The number of aryl methyl sites for hydroxylation is 2. The second-order valence-corrected chi connectivity index (χ2v) is 9.60. The minimum absolute atomic E-state index is 0.0519. The lowest BCUT2D eigenvalue weighted by Gasteiger charge is -2.15. The molecule has 0 atom stereocenters. The quantitative estimate of drug-likeness (QED) is 0.625. The Kier molecular flexibility index (Phi) is 6.34. The van der Waals surface area contributed by atoms with Gasteiger partial charge in [-0.1, -0.05) is 24.3 Å². The van der Waals surface area contributed by atoms with Gasteiger partial charge >= 0.3 is 0 Å². The van der Waals surface area contributed by atoms with E-state index in [4.69, 9.17) is 0 Å². The third-order valence-corrected chi connectivity index (χ3v) is 7.41. The Hall–Kier alpha value is -2.71. The first-order valence-electron chi connectivity index (χ1n) is 9.11. The van der Waals surface area contributed by atoms with Gasteiger partial charge in [0, 0.05) is 17.1 Å². The van der Waals surface area contributed by atoms with Crippen LogP contribution in [0.5, 0.6) is 0 Å². The first kappa shape index (κ1) is 21.0. The predicted octanol–water partition coefficient (Wildman–Crippen LogP) is 2.72. The summed E-state index contributed by atoms with van der Waals surface area (Å²) in [7, 11) is -3.99. The van der Waals surface area contributed by atoms with Gasteiger partial charge in [-0.25, -0.2) is 8.42 Å². The topological polar surface area (TPSA) is 85.2 Å². The van der Waals surface area contributed by atoms with Gasteiger partial charge in [0.05, 0.1) is 4.90 Å². The summed E-state index contributed by atoms with van der Waals surface area (Å²) in [5.41, 5.74) is 0.221. The number of amides is 1. The Bertz CT molecular complexity index is 1170. The van der Waals surface area contributed by atoms with E-state index >= 15 is 0 Å². The van der Waals surface area contributed by atoms with Crippen molar-refractivity contribution in [3.05, 3.63) is 80.4 Å². The molecule has 1 N–H and O–H groups in total. The third-order valence-electron chi connectivity index (χ3n) is 4.55. The highest BCUT2D eigenvalue weighted by atomic mass is 32.2. The van der Waals surface area contributed by atoms with Crippen LogP contribution >= 0.6 is 11.3 Å². The molecule has 8 heteroatoms. The largest absolute Gasteiger partial charge is 0.354 e. The van der Waals surface area contributed by atoms with Crippen LogP contribution in [0.25, 0.3) is 0 Å². The fourth-order valence-corrected chi connectivity index (χ4v) is 5.41. The molecular formula is C21H22N2O4S2. The maximum absolute atomic E-state index is 13.0. The van der Waals surface area contributed by atoms with Crippen molar-refractivity contribution in [2.75, 3.05) is 6.54 Å². The number of nitrogens with zero attached hydrogens (tertiary/aromatic N) is 1. The smallest absolute Gasteiger partial charge is 0.270 e. The minimum atomic E-state index is -3.99. The number of nitrogens with one attached hydrogen (secondary N) is 1. The van der Waals surface area contributed by atoms with Crippen LogP contribution in [-0.2, 0) is 27.6 Å². The fraction of sp³-hybridized carbons (Fsp3) is 0.238. The molecule has 6 nitrogen and oxygen atoms in total. The summed E-state index contributed by atoms with van der Waals surface area (Å²) in [6.07, 6.45) is 0.707. The van der Waals surface area contributed by atoms with E-state index in [1.807, 2.05) is 17.5 Å². The number of thiophene rings is 1. The maximum Gasteiger partial charge on any atom is 0.270 e. The monoisotopic (exact) mass is 430 g/mol. The van der Waals surface area contributed by atoms with E-state index in [2.05, 4.69) is 5.32 Å². The molecule has 1 amide bonds. The molecule has 0 aliphatic rings. The number of carbonyl (C=O) groups excluding carboxylic acids is 1. The zero-order valence-electron chi connectivity index (χ0n) is 16.2. The number of hydrogen-bond donors (Lipinski definition) is 1. The summed E-state index contributed by atoms with van der Waals surface area (Å²) in [6.45, 7) is 3.50. The maximum atomic E-state index is 13.0. The van der Waals surface area contributed by atoms with E-state index in [9.17, 15) is 18.0 Å². The van der Waals surface area contributed by atoms with Crippen LogP contribution in [0.3, 0.4) is 0 Å². The van der Waals surface area contributed by atoms with Crippen molar-refractivity contribution in [1.29, 1.82) is 0 Å². The van der Waals surface area contributed by atoms with Gasteiger partial charge in [0.25, 0.3) is 5.56 Å². The van der Waals surface area contributed by atoms with E-state index < -0.39 is 15.4 Å². The van der Waals surface area contributed by atoms with Gasteiger partial charge in [-0.3, -0.25) is 9.59 Å². The number of aromatic nitrogens is 1. The van der Waals surface area contributed by atoms with Gasteiger partial charge in [-0.2, -0.15) is 0 Å². The lowest BCUT2D eigenvalue weighted by Crippen LogP contribution is -2.36. The molecule has 0 aliphatic carbocycles. The highest BCUT2D eigenvalue weighted by molar-refractivity contribution is 7.91. The summed E-state index contributed by atoms with van der Waals surface area (Å²) in [4.78, 5) is 26.3. The third kappa shape index (κ3) is 4.65. The minimum Gasteiger partial charge on any atom is -0.354 e. The van der Waals surface area contributed by atoms with Crippen molar-refractivity contribution in [2.45, 2.75) is 36.6 Å². The number of hydrogen-bond acceptors (Lipinski definition) is 5. The first-order chi connectivity index (χ1) is 13.8. The average molecular weight is 431 g/mol. The molecule has 0 saturated heterocycles. The van der Waals surface area contributed by atoms with Crippen molar-refractivity contribution in [1.82, 2.24) is 9.88 Å². The normalized spacial score (nSPS) is 11.4. The van der Waals surface area contributed by atoms with Gasteiger partial charge in [0.1, 0.15) is 11.4 Å². The number of benzene rings is 1. The molecule has 0 aliphatic heterocycles. The molecule has 0 bridgehead atoms. The molecule has 0 radical (unpaired) electrons. The number of pyridine rings is 1. The summed E-state index contributed by atoms with van der Waals surface area (Å²) >= 11 is 1.61. The molecule has 29 heavy (non-hydrogen) atoms. The number of carbonyl (C=O) groups is 1. The standard InChI is InChI=1S/C21H22N2O4S2/c1-15-13-16(2)23(14-19(24)22-11-10-17-7-6-12-28-17)21(25)20(15)29(26,27)18-8-4-3-5-9-18/h3-9,12-13H,10-11,14H2,1-2H3,(H,22,24). The SMILES string of the molecule is Cc1cc(C)n(CC(=O)NCCc2cccs2)c(=O)c1S(=O)(=O)c1ccccc1. The van der Waals surface area contributed by atoms with Crippen molar-refractivity contribution in [3.63, 3.8) is 0 Å². The summed E-state index contributed by atoms with van der Waals surface area (Å²) in [5, 5.41) is 4.76. The molecule has 2 heterocycles. The van der Waals surface area contributed by atoms with Gasteiger partial charge in [-0.15, -0.1) is 11.3 Å². The molecule has 0 fully saturated rings. The molecule has 152 valence electrons. The zero-order chi connectivity index (χ0) is 21.0. The van der Waals surface area contributed by atoms with Crippen LogP contribution in [0.4, 0.5) is 0 Å². The van der Waals surface area contributed by atoms with Crippen LogP contribution < -0.4 is 10.9 Å². The molecule has 0 spiro atoms. The van der Waals surface area contributed by atoms with Gasteiger partial charge in [0.15, 0.2) is 0 Å². The van der Waals surface area contributed by atoms with E-state index in [1.165, 1.54) is 16.7 Å². The predicted molar refractivity (Wildman–Crippen MR) is 113 cm³/mol. The van der Waals surface area contributed by atoms with Crippen molar-refractivity contribution in [3.8, 4) is 0 Å². The highest BCUT2D eigenvalue weighted by Gasteiger charge is 2.26. The first-order valence-corrected chi connectivity index (χ1v) is 11.5. The van der Waals surface area contributed by atoms with Crippen molar-refractivity contribution in [2.24, 2.45) is 0 Å². The van der Waals surface area contributed by atoms with Crippen LogP contribution in [0, 0.1) is 13.8 Å². The summed E-state index contributed by atoms with van der Waals surface area (Å²) < 4.78 is 27.2. The molecule has 3 aromatic rings. The van der Waals surface area contributed by atoms with Crippen molar-refractivity contribution < 1.29 is 13.2 Å². The van der Waals surface area contributed by atoms with E-state index in [0.717, 1.165) is 4.88 Å². The lowest BCUT2D eigenvalue weighted by molar-refractivity contribution is -0.121. The van der Waals surface area contributed by atoms with E-state index in [-0.39, 0.29) is 22.2 Å². The van der Waals surface area contributed by atoms with Gasteiger partial charge in [-0.05, 0) is 55.5 Å². The molecule has 0 unspecified atom stereocenters. The highest BCUT2D eigenvalue weighted by Crippen LogP contribution is 2.21. The lowest BCUT2D eigenvalue weighted by atomic mass is 10.2. The molecule has 3 rings (SSSR count). The molecule has 1 aromatic carbocycles. The number of sulfone groups is 1. The summed E-state index contributed by atoms with van der Waals surface area (Å²) in [6, 6.07) is 13.4. The van der Waals surface area contributed by atoms with Crippen LogP contribution in [-0.4, -0.2) is 25.4 Å². The van der Waals surface area contributed by atoms with Crippen molar-refractivity contribution >= 4 is 27.1 Å². The second kappa shape index (κ2) is 8.75. The van der Waals surface area contributed by atoms with Gasteiger partial charge in [0.2, 0.25) is 15.7 Å². The Morgan fingerprint density at radius 3 is 2.48 bits per heavy atom. The van der Waals surface area contributed by atoms with Gasteiger partial charge < -0.3 is 9.88 Å². The summed E-state index contributed by atoms with van der Waals surface area (Å²) in [5.74, 6) is -0.335. The number of rotatable bonds is 7. The zero-order valence-corrected chi connectivity index (χ0v) is 17.8. The van der Waals surface area contributed by atoms with Crippen LogP contribution in [0.2, 0.25) is 0 Å². The van der Waals surface area contributed by atoms with Crippen LogP contribution in [0.15, 0.2) is 68.5 Å².